The van der Waals surface area contributed by atoms with Crippen molar-refractivity contribution < 1.29 is 14.3 Å². The van der Waals surface area contributed by atoms with Crippen LogP contribution in [0.3, 0.4) is 0 Å². The van der Waals surface area contributed by atoms with Gasteiger partial charge in [-0.3, -0.25) is 9.59 Å². The molecule has 6 heteroatoms. The fourth-order valence-corrected chi connectivity index (χ4v) is 3.40. The number of piperidine rings is 1. The highest BCUT2D eigenvalue weighted by atomic mass is 16.5. The van der Waals surface area contributed by atoms with Crippen LogP contribution in [0.4, 0.5) is 0 Å². The highest BCUT2D eigenvalue weighted by Gasteiger charge is 2.37. The maximum absolute atomic E-state index is 12.3. The number of carbonyl (C=O) groups is 2. The molecule has 2 fully saturated rings. The van der Waals surface area contributed by atoms with Gasteiger partial charge in [-0.1, -0.05) is 0 Å². The van der Waals surface area contributed by atoms with Crippen LogP contribution in [0.1, 0.15) is 29.6 Å². The van der Waals surface area contributed by atoms with Crippen molar-refractivity contribution in [3.63, 3.8) is 0 Å². The average Bonchev–Trinajstić information content (AvgIpc) is 3.02. The molecule has 1 aromatic carbocycles. The van der Waals surface area contributed by atoms with Crippen molar-refractivity contribution in [2.75, 3.05) is 32.8 Å². The van der Waals surface area contributed by atoms with Gasteiger partial charge in [0.05, 0.1) is 0 Å². The second kappa shape index (κ2) is 6.58. The van der Waals surface area contributed by atoms with E-state index in [0.717, 1.165) is 39.0 Å². The highest BCUT2D eigenvalue weighted by molar-refractivity contribution is 5.92. The zero-order valence-corrected chi connectivity index (χ0v) is 13.2. The zero-order valence-electron chi connectivity index (χ0n) is 13.2. The molecule has 1 aromatic rings. The summed E-state index contributed by atoms with van der Waals surface area (Å²) in [4.78, 5) is 25.2. The Morgan fingerprint density at radius 2 is 1.87 bits per heavy atom. The lowest BCUT2D eigenvalue weighted by atomic mass is 9.78. The van der Waals surface area contributed by atoms with Crippen molar-refractivity contribution in [3.8, 4) is 5.75 Å². The van der Waals surface area contributed by atoms with Crippen molar-refractivity contribution in [1.82, 2.24) is 10.2 Å². The lowest BCUT2D eigenvalue weighted by molar-refractivity contribution is -0.135. The van der Waals surface area contributed by atoms with Crippen LogP contribution in [0.25, 0.3) is 0 Å². The third-order valence-electron chi connectivity index (χ3n) is 5.01. The summed E-state index contributed by atoms with van der Waals surface area (Å²) in [7, 11) is 0. The SMILES string of the molecule is NC(=O)c1ccc(OCC(=O)N2CCC3(CCNC3)CC2)cc1. The molecule has 2 aliphatic rings. The second-order valence-corrected chi connectivity index (χ2v) is 6.48. The third-order valence-corrected chi connectivity index (χ3v) is 5.01. The van der Waals surface area contributed by atoms with Crippen LogP contribution in [-0.4, -0.2) is 49.5 Å². The van der Waals surface area contributed by atoms with Gasteiger partial charge in [-0.05, 0) is 55.5 Å². The number of hydrogen-bond donors (Lipinski definition) is 2. The van der Waals surface area contributed by atoms with E-state index in [2.05, 4.69) is 5.32 Å². The summed E-state index contributed by atoms with van der Waals surface area (Å²) >= 11 is 0. The van der Waals surface area contributed by atoms with Crippen LogP contribution in [0.15, 0.2) is 24.3 Å². The summed E-state index contributed by atoms with van der Waals surface area (Å²) in [6.45, 7) is 3.83. The number of nitrogens with two attached hydrogens (primary N) is 1. The summed E-state index contributed by atoms with van der Waals surface area (Å²) < 4.78 is 5.52. The predicted molar refractivity (Wildman–Crippen MR) is 86.2 cm³/mol. The standard InChI is InChI=1S/C17H23N3O3/c18-16(22)13-1-3-14(4-2-13)23-11-15(21)20-9-6-17(7-10-20)5-8-19-12-17/h1-4,19H,5-12H2,(H2,18,22). The van der Waals surface area contributed by atoms with Gasteiger partial charge in [-0.25, -0.2) is 0 Å². The summed E-state index contributed by atoms with van der Waals surface area (Å²) in [6.07, 6.45) is 3.36. The quantitative estimate of drug-likeness (QED) is 0.859. The fourth-order valence-electron chi connectivity index (χ4n) is 3.40. The minimum Gasteiger partial charge on any atom is -0.484 e. The smallest absolute Gasteiger partial charge is 0.260 e. The summed E-state index contributed by atoms with van der Waals surface area (Å²) in [5.74, 6) is 0.109. The van der Waals surface area contributed by atoms with Gasteiger partial charge in [0.2, 0.25) is 5.91 Å². The molecule has 23 heavy (non-hydrogen) atoms. The first-order valence-corrected chi connectivity index (χ1v) is 8.09. The van der Waals surface area contributed by atoms with Gasteiger partial charge in [0, 0.05) is 25.2 Å². The van der Waals surface area contributed by atoms with E-state index < -0.39 is 5.91 Å². The maximum atomic E-state index is 12.3. The van der Waals surface area contributed by atoms with Gasteiger partial charge < -0.3 is 20.7 Å². The Bertz CT molecular complexity index is 569. The van der Waals surface area contributed by atoms with Crippen molar-refractivity contribution in [3.05, 3.63) is 29.8 Å². The van der Waals surface area contributed by atoms with Crippen molar-refractivity contribution >= 4 is 11.8 Å². The Labute approximate surface area is 136 Å². The van der Waals surface area contributed by atoms with Crippen molar-refractivity contribution in [2.45, 2.75) is 19.3 Å². The molecule has 0 atom stereocenters. The van der Waals surface area contributed by atoms with Gasteiger partial charge >= 0.3 is 0 Å². The topological polar surface area (TPSA) is 84.7 Å². The molecule has 2 heterocycles. The number of carbonyl (C=O) groups excluding carboxylic acids is 2. The molecule has 1 spiro atoms. The Morgan fingerprint density at radius 3 is 2.43 bits per heavy atom. The molecule has 2 aliphatic heterocycles. The maximum Gasteiger partial charge on any atom is 0.260 e. The number of hydrogen-bond acceptors (Lipinski definition) is 4. The summed E-state index contributed by atoms with van der Waals surface area (Å²) in [6, 6.07) is 6.51. The number of likely N-dealkylation sites (tertiary alicyclic amines) is 1. The van der Waals surface area contributed by atoms with E-state index in [0.29, 0.717) is 16.7 Å². The van der Waals surface area contributed by atoms with E-state index in [1.807, 2.05) is 4.90 Å². The van der Waals surface area contributed by atoms with Crippen molar-refractivity contribution in [2.24, 2.45) is 11.1 Å². The molecular weight excluding hydrogens is 294 g/mol. The van der Waals surface area contributed by atoms with Crippen LogP contribution in [0.2, 0.25) is 0 Å². The van der Waals surface area contributed by atoms with Gasteiger partial charge in [0.15, 0.2) is 6.61 Å². The highest BCUT2D eigenvalue weighted by Crippen LogP contribution is 2.36. The molecule has 0 radical (unpaired) electrons. The fraction of sp³-hybridized carbons (Fsp3) is 0.529. The molecule has 2 amide bonds. The Balaban J connectivity index is 1.47. The van der Waals surface area contributed by atoms with E-state index in [-0.39, 0.29) is 12.5 Å². The summed E-state index contributed by atoms with van der Waals surface area (Å²) in [5, 5.41) is 3.42. The van der Waals surface area contributed by atoms with Gasteiger partial charge in [-0.2, -0.15) is 0 Å². The average molecular weight is 317 g/mol. The lowest BCUT2D eigenvalue weighted by Gasteiger charge is -2.38. The summed E-state index contributed by atoms with van der Waals surface area (Å²) in [5.41, 5.74) is 6.02. The zero-order chi connectivity index (χ0) is 16.3. The Morgan fingerprint density at radius 1 is 1.17 bits per heavy atom. The van der Waals surface area contributed by atoms with Crippen LogP contribution in [-0.2, 0) is 4.79 Å². The number of amides is 2. The van der Waals surface area contributed by atoms with Gasteiger partial charge in [0.1, 0.15) is 5.75 Å². The first kappa shape index (κ1) is 15.8. The van der Waals surface area contributed by atoms with E-state index in [1.54, 1.807) is 24.3 Å². The van der Waals surface area contributed by atoms with E-state index in [4.69, 9.17) is 10.5 Å². The molecule has 0 aliphatic carbocycles. The number of ether oxygens (including phenoxy) is 1. The van der Waals surface area contributed by atoms with E-state index in [1.165, 1.54) is 6.42 Å². The molecule has 0 unspecified atom stereocenters. The number of rotatable bonds is 4. The van der Waals surface area contributed by atoms with Crippen LogP contribution in [0.5, 0.6) is 5.75 Å². The monoisotopic (exact) mass is 317 g/mol. The minimum absolute atomic E-state index is 0.0183. The molecule has 0 bridgehead atoms. The predicted octanol–water partition coefficient (Wildman–Crippen LogP) is 0.766. The van der Waals surface area contributed by atoms with Gasteiger partial charge in [0.25, 0.3) is 5.91 Å². The normalized spacial score (nSPS) is 19.7. The molecule has 0 aromatic heterocycles. The van der Waals surface area contributed by atoms with Crippen LogP contribution < -0.4 is 15.8 Å². The molecule has 6 nitrogen and oxygen atoms in total. The molecule has 3 rings (SSSR count). The Hall–Kier alpha value is -2.08. The molecule has 0 saturated carbocycles. The molecular formula is C17H23N3O3. The minimum atomic E-state index is -0.476. The first-order chi connectivity index (χ1) is 11.1. The number of nitrogens with zero attached hydrogens (tertiary/aromatic N) is 1. The number of nitrogens with one attached hydrogen (secondary N) is 1. The Kier molecular flexibility index (Phi) is 4.52. The van der Waals surface area contributed by atoms with Crippen LogP contribution in [0, 0.1) is 5.41 Å². The van der Waals surface area contributed by atoms with E-state index in [9.17, 15) is 9.59 Å². The number of primary amides is 1. The van der Waals surface area contributed by atoms with Crippen LogP contribution >= 0.6 is 0 Å². The first-order valence-electron chi connectivity index (χ1n) is 8.09. The largest absolute Gasteiger partial charge is 0.484 e. The molecule has 124 valence electrons. The van der Waals surface area contributed by atoms with E-state index >= 15 is 0 Å². The number of benzene rings is 1. The van der Waals surface area contributed by atoms with Crippen molar-refractivity contribution in [1.29, 1.82) is 0 Å². The molecule has 3 N–H and O–H groups in total. The van der Waals surface area contributed by atoms with Gasteiger partial charge in [-0.15, -0.1) is 0 Å². The lowest BCUT2D eigenvalue weighted by Crippen LogP contribution is -2.45. The second-order valence-electron chi connectivity index (χ2n) is 6.48. The third kappa shape index (κ3) is 3.64. The molecule has 2 saturated heterocycles.